The minimum absolute atomic E-state index is 0.259. The first-order valence-corrected chi connectivity index (χ1v) is 12.4. The molecule has 0 aliphatic heterocycles. The maximum absolute atomic E-state index is 13.3. The SMILES string of the molecule is CC(C)c1nc(-c2cccc(NS(=O)(=O)c3cccc4c(N(C)C)cccc34)c2)cs1. The molecular weight excluding hydrogens is 426 g/mol. The molecule has 0 aliphatic carbocycles. The molecule has 3 aromatic carbocycles. The number of anilines is 2. The van der Waals surface area contributed by atoms with Crippen molar-refractivity contribution < 1.29 is 8.42 Å². The van der Waals surface area contributed by atoms with Gasteiger partial charge in [0, 0.05) is 53.1 Å². The first-order valence-electron chi connectivity index (χ1n) is 10.0. The Morgan fingerprint density at radius 3 is 2.39 bits per heavy atom. The number of thiazole rings is 1. The van der Waals surface area contributed by atoms with Gasteiger partial charge in [-0.2, -0.15) is 0 Å². The third-order valence-electron chi connectivity index (χ3n) is 5.06. The van der Waals surface area contributed by atoms with Crippen LogP contribution >= 0.6 is 11.3 Å². The van der Waals surface area contributed by atoms with E-state index in [0.717, 1.165) is 27.3 Å². The lowest BCUT2D eigenvalue weighted by molar-refractivity contribution is 0.602. The van der Waals surface area contributed by atoms with Crippen molar-refractivity contribution in [2.24, 2.45) is 0 Å². The maximum atomic E-state index is 13.3. The van der Waals surface area contributed by atoms with Gasteiger partial charge < -0.3 is 4.90 Å². The molecule has 0 fully saturated rings. The molecular formula is C24H25N3O2S2. The van der Waals surface area contributed by atoms with E-state index in [1.807, 2.05) is 66.8 Å². The molecule has 0 bridgehead atoms. The highest BCUT2D eigenvalue weighted by Crippen LogP contribution is 2.32. The standard InChI is InChI=1S/C24H25N3O2S2/c1-16(2)24-25-21(15-30-24)17-8-5-9-18(14-17)26-31(28,29)23-13-7-10-19-20(23)11-6-12-22(19)27(3)4/h5-16,26H,1-4H3. The maximum Gasteiger partial charge on any atom is 0.262 e. The molecule has 1 heterocycles. The van der Waals surface area contributed by atoms with Gasteiger partial charge in [-0.1, -0.05) is 50.2 Å². The van der Waals surface area contributed by atoms with Crippen LogP contribution in [0.15, 0.2) is 70.9 Å². The Kier molecular flexibility index (Phi) is 5.73. The van der Waals surface area contributed by atoms with Gasteiger partial charge in [-0.15, -0.1) is 11.3 Å². The Hall–Kier alpha value is -2.90. The minimum Gasteiger partial charge on any atom is -0.377 e. The predicted molar refractivity (Wildman–Crippen MR) is 131 cm³/mol. The molecule has 0 atom stereocenters. The van der Waals surface area contributed by atoms with Gasteiger partial charge in [0.05, 0.1) is 15.6 Å². The Morgan fingerprint density at radius 1 is 0.968 bits per heavy atom. The lowest BCUT2D eigenvalue weighted by Crippen LogP contribution is -2.14. The third-order valence-corrected chi connectivity index (χ3v) is 7.64. The fourth-order valence-electron chi connectivity index (χ4n) is 3.53. The van der Waals surface area contributed by atoms with Gasteiger partial charge in [0.15, 0.2) is 0 Å². The minimum atomic E-state index is -3.78. The van der Waals surface area contributed by atoms with Gasteiger partial charge in [-0.3, -0.25) is 4.72 Å². The molecule has 0 saturated carbocycles. The van der Waals surface area contributed by atoms with Crippen LogP contribution < -0.4 is 9.62 Å². The smallest absolute Gasteiger partial charge is 0.262 e. The Morgan fingerprint density at radius 2 is 1.68 bits per heavy atom. The number of rotatable bonds is 6. The second-order valence-corrected chi connectivity index (χ2v) is 10.5. The van der Waals surface area contributed by atoms with Gasteiger partial charge in [0.1, 0.15) is 0 Å². The van der Waals surface area contributed by atoms with Gasteiger partial charge >= 0.3 is 0 Å². The van der Waals surface area contributed by atoms with E-state index >= 15 is 0 Å². The van der Waals surface area contributed by atoms with Crippen molar-refractivity contribution in [2.45, 2.75) is 24.7 Å². The largest absolute Gasteiger partial charge is 0.377 e. The van der Waals surface area contributed by atoms with Crippen LogP contribution in [0.4, 0.5) is 11.4 Å². The van der Waals surface area contributed by atoms with Gasteiger partial charge in [-0.25, -0.2) is 13.4 Å². The molecule has 7 heteroatoms. The monoisotopic (exact) mass is 451 g/mol. The Labute approximate surface area is 187 Å². The highest BCUT2D eigenvalue weighted by atomic mass is 32.2. The molecule has 4 aromatic rings. The molecule has 0 radical (unpaired) electrons. The molecule has 0 amide bonds. The molecule has 1 N–H and O–H groups in total. The highest BCUT2D eigenvalue weighted by molar-refractivity contribution is 7.93. The average Bonchev–Trinajstić information content (AvgIpc) is 3.23. The normalized spacial score (nSPS) is 11.8. The van der Waals surface area contributed by atoms with Crippen LogP contribution in [-0.4, -0.2) is 27.5 Å². The van der Waals surface area contributed by atoms with Gasteiger partial charge in [-0.05, 0) is 24.3 Å². The van der Waals surface area contributed by atoms with Crippen LogP contribution in [-0.2, 0) is 10.0 Å². The van der Waals surface area contributed by atoms with Crippen LogP contribution in [0.2, 0.25) is 0 Å². The summed E-state index contributed by atoms with van der Waals surface area (Å²) in [6, 6.07) is 18.4. The number of fused-ring (bicyclic) bond motifs is 1. The number of nitrogens with zero attached hydrogens (tertiary/aromatic N) is 2. The van der Waals surface area contributed by atoms with Gasteiger partial charge in [0.25, 0.3) is 10.0 Å². The first kappa shape index (κ1) is 21.3. The Balaban J connectivity index is 1.71. The molecule has 0 unspecified atom stereocenters. The van der Waals surface area contributed by atoms with Gasteiger partial charge in [0.2, 0.25) is 0 Å². The summed E-state index contributed by atoms with van der Waals surface area (Å²) in [5, 5.41) is 4.66. The van der Waals surface area contributed by atoms with Crippen molar-refractivity contribution >= 4 is 43.5 Å². The molecule has 0 spiro atoms. The summed E-state index contributed by atoms with van der Waals surface area (Å²) in [5.41, 5.74) is 3.23. The summed E-state index contributed by atoms with van der Waals surface area (Å²) in [6.07, 6.45) is 0. The second-order valence-electron chi connectivity index (χ2n) is 7.93. The van der Waals surface area contributed by atoms with Crippen molar-refractivity contribution in [3.8, 4) is 11.3 Å². The molecule has 1 aromatic heterocycles. The zero-order chi connectivity index (χ0) is 22.2. The van der Waals surface area contributed by atoms with E-state index in [-0.39, 0.29) is 4.90 Å². The lowest BCUT2D eigenvalue weighted by atomic mass is 10.1. The van der Waals surface area contributed by atoms with Crippen LogP contribution in [0.5, 0.6) is 0 Å². The number of hydrogen-bond acceptors (Lipinski definition) is 5. The Bertz CT molecular complexity index is 1340. The predicted octanol–water partition coefficient (Wildman–Crippen LogP) is 5.95. The zero-order valence-corrected chi connectivity index (χ0v) is 19.6. The van der Waals surface area contributed by atoms with Crippen LogP contribution in [0.25, 0.3) is 22.0 Å². The molecule has 4 rings (SSSR count). The fourth-order valence-corrected chi connectivity index (χ4v) is 5.64. The van der Waals surface area contributed by atoms with Crippen molar-refractivity contribution in [2.75, 3.05) is 23.7 Å². The summed E-state index contributed by atoms with van der Waals surface area (Å²) in [7, 11) is 0.119. The second kappa shape index (κ2) is 8.32. The zero-order valence-electron chi connectivity index (χ0n) is 18.0. The number of hydrogen-bond donors (Lipinski definition) is 1. The van der Waals surface area contributed by atoms with Crippen LogP contribution in [0.1, 0.15) is 24.8 Å². The number of benzene rings is 3. The first-order chi connectivity index (χ1) is 14.8. The summed E-state index contributed by atoms with van der Waals surface area (Å²) in [4.78, 5) is 6.92. The van der Waals surface area contributed by atoms with E-state index in [1.165, 1.54) is 0 Å². The summed E-state index contributed by atoms with van der Waals surface area (Å²) >= 11 is 1.62. The molecule has 0 saturated heterocycles. The third kappa shape index (κ3) is 4.29. The van der Waals surface area contributed by atoms with Crippen molar-refractivity contribution in [1.82, 2.24) is 4.98 Å². The fraction of sp³-hybridized carbons (Fsp3) is 0.208. The number of aromatic nitrogens is 1. The van der Waals surface area contributed by atoms with Crippen molar-refractivity contribution in [1.29, 1.82) is 0 Å². The van der Waals surface area contributed by atoms with E-state index in [0.29, 0.717) is 17.0 Å². The summed E-state index contributed by atoms with van der Waals surface area (Å²) in [6.45, 7) is 4.22. The van der Waals surface area contributed by atoms with Crippen molar-refractivity contribution in [3.05, 3.63) is 71.1 Å². The highest BCUT2D eigenvalue weighted by Gasteiger charge is 2.19. The summed E-state index contributed by atoms with van der Waals surface area (Å²) in [5.74, 6) is 0.360. The van der Waals surface area contributed by atoms with E-state index in [9.17, 15) is 8.42 Å². The van der Waals surface area contributed by atoms with E-state index in [4.69, 9.17) is 0 Å². The average molecular weight is 452 g/mol. The van der Waals surface area contributed by atoms with Crippen LogP contribution in [0, 0.1) is 0 Å². The van der Waals surface area contributed by atoms with Crippen molar-refractivity contribution in [3.63, 3.8) is 0 Å². The molecule has 5 nitrogen and oxygen atoms in total. The number of sulfonamides is 1. The van der Waals surface area contributed by atoms with E-state index in [2.05, 4.69) is 23.6 Å². The number of nitrogens with one attached hydrogen (secondary N) is 1. The topological polar surface area (TPSA) is 62.3 Å². The molecule has 31 heavy (non-hydrogen) atoms. The quantitative estimate of drug-likeness (QED) is 0.393. The molecule has 160 valence electrons. The van der Waals surface area contributed by atoms with Crippen LogP contribution in [0.3, 0.4) is 0 Å². The lowest BCUT2D eigenvalue weighted by Gasteiger charge is -2.17. The van der Waals surface area contributed by atoms with E-state index in [1.54, 1.807) is 29.5 Å². The molecule has 0 aliphatic rings. The van der Waals surface area contributed by atoms with E-state index < -0.39 is 10.0 Å². The summed E-state index contributed by atoms with van der Waals surface area (Å²) < 4.78 is 29.3.